The van der Waals surface area contributed by atoms with Crippen LogP contribution in [0, 0.1) is 40.9 Å². The summed E-state index contributed by atoms with van der Waals surface area (Å²) in [5.41, 5.74) is 0.814. The molecule has 0 radical (unpaired) electrons. The Morgan fingerprint density at radius 3 is 2.47 bits per heavy atom. The number of hydrogen-bond acceptors (Lipinski definition) is 3. The van der Waals surface area contributed by atoms with Gasteiger partial charge in [0, 0.05) is 6.54 Å². The van der Waals surface area contributed by atoms with Gasteiger partial charge in [0.1, 0.15) is 11.1 Å². The average Bonchev–Trinajstić information content (AvgIpc) is 2.84. The maximum absolute atomic E-state index is 9.06. The molecule has 1 aromatic heterocycles. The summed E-state index contributed by atoms with van der Waals surface area (Å²) in [6, 6.07) is 4.20. The van der Waals surface area contributed by atoms with E-state index in [-0.39, 0.29) is 0 Å². The molecule has 2 nitrogen and oxygen atoms in total. The lowest BCUT2D eigenvalue weighted by Crippen LogP contribution is -2.47. The minimum Gasteiger partial charge on any atom is -0.376 e. The topological polar surface area (TPSA) is 35.8 Å². The van der Waals surface area contributed by atoms with E-state index in [0.717, 1.165) is 46.7 Å². The van der Waals surface area contributed by atoms with Crippen LogP contribution >= 0.6 is 11.3 Å². The van der Waals surface area contributed by atoms with E-state index >= 15 is 0 Å². The first-order valence-corrected chi connectivity index (χ1v) is 8.43. The van der Waals surface area contributed by atoms with Gasteiger partial charge < -0.3 is 5.32 Å². The molecule has 100 valence electrons. The van der Waals surface area contributed by atoms with E-state index in [2.05, 4.69) is 11.4 Å². The third kappa shape index (κ3) is 1.97. The van der Waals surface area contributed by atoms with Gasteiger partial charge in [-0.25, -0.2) is 0 Å². The second kappa shape index (κ2) is 4.52. The molecule has 0 atom stereocenters. The lowest BCUT2D eigenvalue weighted by molar-refractivity contribution is -0.0305. The third-order valence-corrected chi connectivity index (χ3v) is 6.58. The number of thiophene rings is 1. The molecular weight excluding hydrogens is 252 g/mol. The van der Waals surface area contributed by atoms with Gasteiger partial charge in [-0.2, -0.15) is 5.26 Å². The van der Waals surface area contributed by atoms with Crippen molar-refractivity contribution in [3.8, 4) is 6.07 Å². The maximum atomic E-state index is 9.06. The van der Waals surface area contributed by atoms with Crippen LogP contribution < -0.4 is 5.32 Å². The number of nitrogens with one attached hydrogen (secondary N) is 1. The molecule has 19 heavy (non-hydrogen) atoms. The lowest BCUT2D eigenvalue weighted by atomic mass is 9.52. The molecule has 1 aromatic rings. The molecule has 4 aliphatic rings. The zero-order valence-corrected chi connectivity index (χ0v) is 12.0. The molecule has 1 N–H and O–H groups in total. The summed E-state index contributed by atoms with van der Waals surface area (Å²) in [6.07, 6.45) is 7.45. The monoisotopic (exact) mass is 272 g/mol. The van der Waals surface area contributed by atoms with E-state index < -0.39 is 0 Å². The van der Waals surface area contributed by atoms with E-state index in [1.54, 1.807) is 11.3 Å². The zero-order chi connectivity index (χ0) is 12.8. The Bertz CT molecular complexity index is 485. The average molecular weight is 272 g/mol. The van der Waals surface area contributed by atoms with Crippen molar-refractivity contribution in [2.24, 2.45) is 29.6 Å². The van der Waals surface area contributed by atoms with Crippen molar-refractivity contribution in [2.45, 2.75) is 32.1 Å². The first-order valence-electron chi connectivity index (χ1n) is 7.55. The van der Waals surface area contributed by atoms with Crippen LogP contribution in [0.25, 0.3) is 0 Å². The maximum Gasteiger partial charge on any atom is 0.106 e. The quantitative estimate of drug-likeness (QED) is 0.899. The van der Waals surface area contributed by atoms with Crippen LogP contribution in [0.2, 0.25) is 0 Å². The highest BCUT2D eigenvalue weighted by Gasteiger charge is 2.47. The molecule has 4 bridgehead atoms. The summed E-state index contributed by atoms with van der Waals surface area (Å²) < 4.78 is 0. The Labute approximate surface area is 118 Å². The van der Waals surface area contributed by atoms with Crippen LogP contribution in [0.4, 0.5) is 5.00 Å². The standard InChI is InChI=1S/C16H20N2S/c17-8-12-1-2-19-16(12)18-9-15-13-4-10-3-11(6-13)7-14(15)5-10/h1-2,10-11,13-15,18H,3-7,9H2. The van der Waals surface area contributed by atoms with Crippen molar-refractivity contribution in [2.75, 3.05) is 11.9 Å². The van der Waals surface area contributed by atoms with Crippen molar-refractivity contribution in [3.63, 3.8) is 0 Å². The van der Waals surface area contributed by atoms with Gasteiger partial charge in [-0.1, -0.05) is 0 Å². The minimum atomic E-state index is 0.814. The van der Waals surface area contributed by atoms with Gasteiger partial charge in [0.15, 0.2) is 0 Å². The normalized spacial score (nSPS) is 39.2. The zero-order valence-electron chi connectivity index (χ0n) is 11.1. The number of rotatable bonds is 3. The molecule has 0 spiro atoms. The van der Waals surface area contributed by atoms with Crippen LogP contribution in [-0.2, 0) is 0 Å². The molecule has 0 aromatic carbocycles. The van der Waals surface area contributed by atoms with E-state index in [4.69, 9.17) is 5.26 Å². The Balaban J connectivity index is 1.45. The molecule has 0 amide bonds. The highest BCUT2D eigenvalue weighted by Crippen LogP contribution is 2.56. The fraction of sp³-hybridized carbons (Fsp3) is 0.688. The number of nitriles is 1. The molecule has 0 aliphatic heterocycles. The molecular formula is C16H20N2S. The van der Waals surface area contributed by atoms with Crippen molar-refractivity contribution in [1.82, 2.24) is 0 Å². The molecule has 0 unspecified atom stereocenters. The Kier molecular flexibility index (Phi) is 2.81. The van der Waals surface area contributed by atoms with Crippen LogP contribution in [0.1, 0.15) is 37.7 Å². The highest BCUT2D eigenvalue weighted by atomic mass is 32.1. The third-order valence-electron chi connectivity index (χ3n) is 5.71. The second-order valence-corrected chi connectivity index (χ2v) is 7.67. The second-order valence-electron chi connectivity index (χ2n) is 6.75. The number of anilines is 1. The molecule has 4 saturated carbocycles. The van der Waals surface area contributed by atoms with Crippen molar-refractivity contribution in [3.05, 3.63) is 17.0 Å². The van der Waals surface area contributed by atoms with Gasteiger partial charge in [0.05, 0.1) is 5.56 Å². The van der Waals surface area contributed by atoms with E-state index in [1.165, 1.54) is 32.1 Å². The highest BCUT2D eigenvalue weighted by molar-refractivity contribution is 7.14. The van der Waals surface area contributed by atoms with Gasteiger partial charge in [-0.15, -0.1) is 11.3 Å². The van der Waals surface area contributed by atoms with Gasteiger partial charge in [0.2, 0.25) is 0 Å². The van der Waals surface area contributed by atoms with Crippen molar-refractivity contribution in [1.29, 1.82) is 5.26 Å². The van der Waals surface area contributed by atoms with Gasteiger partial charge in [-0.05, 0) is 73.1 Å². The summed E-state index contributed by atoms with van der Waals surface area (Å²) >= 11 is 1.67. The van der Waals surface area contributed by atoms with Gasteiger partial charge in [-0.3, -0.25) is 0 Å². The summed E-state index contributed by atoms with van der Waals surface area (Å²) in [5.74, 6) is 4.90. The fourth-order valence-corrected chi connectivity index (χ4v) is 5.86. The summed E-state index contributed by atoms with van der Waals surface area (Å²) in [4.78, 5) is 0. The Morgan fingerprint density at radius 1 is 1.16 bits per heavy atom. The molecule has 4 fully saturated rings. The van der Waals surface area contributed by atoms with Gasteiger partial charge >= 0.3 is 0 Å². The Hall–Kier alpha value is -1.01. The molecule has 5 rings (SSSR count). The predicted octanol–water partition coefficient (Wildman–Crippen LogP) is 4.10. The molecule has 3 heteroatoms. The van der Waals surface area contributed by atoms with Crippen LogP contribution in [0.15, 0.2) is 11.4 Å². The minimum absolute atomic E-state index is 0.814. The predicted molar refractivity (Wildman–Crippen MR) is 78.1 cm³/mol. The van der Waals surface area contributed by atoms with Gasteiger partial charge in [0.25, 0.3) is 0 Å². The summed E-state index contributed by atoms with van der Waals surface area (Å²) in [6.45, 7) is 1.09. The smallest absolute Gasteiger partial charge is 0.106 e. The van der Waals surface area contributed by atoms with E-state index in [1.807, 2.05) is 11.4 Å². The first kappa shape index (κ1) is 11.8. The number of nitrogens with zero attached hydrogens (tertiary/aromatic N) is 1. The van der Waals surface area contributed by atoms with E-state index in [9.17, 15) is 0 Å². The van der Waals surface area contributed by atoms with Crippen LogP contribution in [0.5, 0.6) is 0 Å². The molecule has 4 aliphatic carbocycles. The van der Waals surface area contributed by atoms with Crippen molar-refractivity contribution >= 4 is 16.3 Å². The fourth-order valence-electron chi connectivity index (χ4n) is 5.12. The van der Waals surface area contributed by atoms with Crippen molar-refractivity contribution < 1.29 is 0 Å². The summed E-state index contributed by atoms with van der Waals surface area (Å²) in [5, 5.41) is 15.7. The molecule has 1 heterocycles. The van der Waals surface area contributed by atoms with Crippen LogP contribution in [-0.4, -0.2) is 6.54 Å². The molecule has 0 saturated heterocycles. The lowest BCUT2D eigenvalue weighted by Gasteiger charge is -2.54. The first-order chi connectivity index (χ1) is 9.33. The number of hydrogen-bond donors (Lipinski definition) is 1. The SMILES string of the molecule is N#Cc1ccsc1NCC1C2CC3CC(C2)CC1C3. The van der Waals surface area contributed by atoms with Crippen LogP contribution in [0.3, 0.4) is 0 Å². The largest absolute Gasteiger partial charge is 0.376 e. The Morgan fingerprint density at radius 2 is 1.84 bits per heavy atom. The van der Waals surface area contributed by atoms with E-state index in [0.29, 0.717) is 0 Å². The summed E-state index contributed by atoms with van der Waals surface area (Å²) in [7, 11) is 0.